The Morgan fingerprint density at radius 1 is 1.07 bits per heavy atom. The molecule has 2 aliphatic rings. The largest absolute Gasteiger partial charge is 0.481 e. The molecular formula is C22H21NO6. The van der Waals surface area contributed by atoms with Crippen LogP contribution in [-0.2, 0) is 20.6 Å². The molecule has 0 spiro atoms. The third kappa shape index (κ3) is 2.33. The van der Waals surface area contributed by atoms with Gasteiger partial charge in [-0.15, -0.1) is 0 Å². The number of fused-ring (bicyclic) bond motifs is 5. The van der Waals surface area contributed by atoms with Crippen molar-refractivity contribution in [3.8, 4) is 5.75 Å². The van der Waals surface area contributed by atoms with Gasteiger partial charge < -0.3 is 20.7 Å². The van der Waals surface area contributed by atoms with Crippen LogP contribution < -0.4 is 10.5 Å². The highest BCUT2D eigenvalue weighted by molar-refractivity contribution is 6.16. The first-order chi connectivity index (χ1) is 13.6. The third-order valence-electron chi connectivity index (χ3n) is 6.07. The maximum Gasteiger partial charge on any atom is 0.307 e. The SMILES string of the molecule is CC(C)c1ccc2c(c1)OC1(CC(=O)O)c3cccc(N)c3C(=O)C21CC(=O)O. The molecule has 0 radical (unpaired) electrons. The standard InChI is InChI=1S/C22H21NO6/c1-11(2)12-6-7-13-16(8-12)29-22(10-18(26)27)14-4-3-5-15(23)19(14)20(28)21(13,22)9-17(24)25/h3-8,11H,9-10,23H2,1-2H3,(H,24,25)(H,26,27). The molecule has 1 aliphatic heterocycles. The van der Waals surface area contributed by atoms with Gasteiger partial charge >= 0.3 is 11.9 Å². The summed E-state index contributed by atoms with van der Waals surface area (Å²) in [6.45, 7) is 4.00. The molecule has 0 amide bonds. The first kappa shape index (κ1) is 19.0. The van der Waals surface area contributed by atoms with Crippen molar-refractivity contribution in [2.75, 3.05) is 5.73 Å². The number of aliphatic carboxylic acids is 2. The fourth-order valence-electron chi connectivity index (χ4n) is 4.83. The number of nitrogens with two attached hydrogens (primary N) is 1. The smallest absolute Gasteiger partial charge is 0.307 e. The van der Waals surface area contributed by atoms with E-state index < -0.39 is 41.6 Å². The normalized spacial score (nSPS) is 24.0. The molecule has 4 rings (SSSR count). The number of hydrogen-bond donors (Lipinski definition) is 3. The molecule has 1 heterocycles. The zero-order valence-corrected chi connectivity index (χ0v) is 16.1. The summed E-state index contributed by atoms with van der Waals surface area (Å²) in [6.07, 6.45) is -1.16. The van der Waals surface area contributed by atoms with Gasteiger partial charge in [-0.05, 0) is 23.6 Å². The summed E-state index contributed by atoms with van der Waals surface area (Å²) in [5, 5.41) is 19.4. The summed E-state index contributed by atoms with van der Waals surface area (Å²) in [5.41, 5.74) is 4.69. The Kier molecular flexibility index (Phi) is 3.98. The van der Waals surface area contributed by atoms with Crippen LogP contribution in [0.5, 0.6) is 5.75 Å². The Morgan fingerprint density at radius 3 is 2.38 bits per heavy atom. The van der Waals surface area contributed by atoms with Gasteiger partial charge in [-0.3, -0.25) is 14.4 Å². The van der Waals surface area contributed by atoms with E-state index in [1.165, 1.54) is 0 Å². The van der Waals surface area contributed by atoms with Crippen molar-refractivity contribution in [1.29, 1.82) is 0 Å². The number of ether oxygens (including phenoxy) is 1. The zero-order chi connectivity index (χ0) is 21.1. The topological polar surface area (TPSA) is 127 Å². The van der Waals surface area contributed by atoms with E-state index in [1.54, 1.807) is 30.3 Å². The molecule has 0 bridgehead atoms. The van der Waals surface area contributed by atoms with Crippen LogP contribution in [0.4, 0.5) is 5.69 Å². The van der Waals surface area contributed by atoms with Crippen LogP contribution in [-0.4, -0.2) is 27.9 Å². The van der Waals surface area contributed by atoms with E-state index in [-0.39, 0.29) is 17.2 Å². The van der Waals surface area contributed by atoms with E-state index in [0.717, 1.165) is 5.56 Å². The van der Waals surface area contributed by atoms with Crippen molar-refractivity contribution in [2.24, 2.45) is 0 Å². The molecule has 2 aromatic rings. The van der Waals surface area contributed by atoms with Gasteiger partial charge in [-0.1, -0.05) is 38.1 Å². The lowest BCUT2D eigenvalue weighted by molar-refractivity contribution is -0.146. The second-order valence-corrected chi connectivity index (χ2v) is 7.98. The molecule has 7 heteroatoms. The molecule has 2 atom stereocenters. The van der Waals surface area contributed by atoms with Gasteiger partial charge in [0.1, 0.15) is 11.2 Å². The fourth-order valence-corrected chi connectivity index (χ4v) is 4.83. The lowest BCUT2D eigenvalue weighted by atomic mass is 9.65. The lowest BCUT2D eigenvalue weighted by Crippen LogP contribution is -2.51. The molecule has 0 fully saturated rings. The van der Waals surface area contributed by atoms with Gasteiger partial charge in [0.25, 0.3) is 0 Å². The number of Topliss-reactive ketones (excluding diaryl/α,β-unsaturated/α-hetero) is 1. The number of hydrogen-bond acceptors (Lipinski definition) is 5. The van der Waals surface area contributed by atoms with Gasteiger partial charge in [0.15, 0.2) is 11.4 Å². The summed E-state index contributed by atoms with van der Waals surface area (Å²) >= 11 is 0. The van der Waals surface area contributed by atoms with Crippen molar-refractivity contribution in [3.05, 3.63) is 58.7 Å². The maximum absolute atomic E-state index is 13.7. The van der Waals surface area contributed by atoms with Gasteiger partial charge in [-0.2, -0.15) is 0 Å². The van der Waals surface area contributed by atoms with Crippen LogP contribution >= 0.6 is 0 Å². The lowest BCUT2D eigenvalue weighted by Gasteiger charge is -2.36. The van der Waals surface area contributed by atoms with Crippen molar-refractivity contribution < 1.29 is 29.3 Å². The second kappa shape index (κ2) is 6.07. The fraction of sp³-hybridized carbons (Fsp3) is 0.318. The molecule has 4 N–H and O–H groups in total. The van der Waals surface area contributed by atoms with Crippen molar-refractivity contribution >= 4 is 23.4 Å². The van der Waals surface area contributed by atoms with E-state index in [2.05, 4.69) is 0 Å². The predicted octanol–water partition coefficient (Wildman–Crippen LogP) is 3.06. The number of rotatable bonds is 5. The van der Waals surface area contributed by atoms with Gasteiger partial charge in [-0.25, -0.2) is 0 Å². The first-order valence-corrected chi connectivity index (χ1v) is 9.35. The predicted molar refractivity (Wildman–Crippen MR) is 104 cm³/mol. The number of benzene rings is 2. The summed E-state index contributed by atoms with van der Waals surface area (Å²) < 4.78 is 6.26. The van der Waals surface area contributed by atoms with E-state index in [4.69, 9.17) is 10.5 Å². The minimum absolute atomic E-state index is 0.147. The van der Waals surface area contributed by atoms with Crippen LogP contribution in [0.15, 0.2) is 36.4 Å². The molecule has 150 valence electrons. The monoisotopic (exact) mass is 395 g/mol. The van der Waals surface area contributed by atoms with Crippen LogP contribution in [0.2, 0.25) is 0 Å². The van der Waals surface area contributed by atoms with Crippen molar-refractivity contribution in [3.63, 3.8) is 0 Å². The van der Waals surface area contributed by atoms with E-state index >= 15 is 0 Å². The summed E-state index contributed by atoms with van der Waals surface area (Å²) in [4.78, 5) is 37.5. The summed E-state index contributed by atoms with van der Waals surface area (Å²) in [7, 11) is 0. The Morgan fingerprint density at radius 2 is 1.76 bits per heavy atom. The number of carboxylic acid groups (broad SMARTS) is 2. The minimum Gasteiger partial charge on any atom is -0.481 e. The van der Waals surface area contributed by atoms with Crippen LogP contribution in [0.25, 0.3) is 0 Å². The molecule has 2 unspecified atom stereocenters. The Labute approximate surface area is 167 Å². The highest BCUT2D eigenvalue weighted by Gasteiger charge is 2.72. The molecule has 1 aliphatic carbocycles. The Hall–Kier alpha value is -3.35. The van der Waals surface area contributed by atoms with Gasteiger partial charge in [0.05, 0.1) is 12.8 Å². The van der Waals surface area contributed by atoms with Gasteiger partial charge in [0, 0.05) is 22.4 Å². The molecule has 29 heavy (non-hydrogen) atoms. The number of nitrogen functional groups attached to an aromatic ring is 1. The third-order valence-corrected chi connectivity index (χ3v) is 6.07. The molecule has 0 saturated heterocycles. The summed E-state index contributed by atoms with van der Waals surface area (Å²) in [6, 6.07) is 10.1. The van der Waals surface area contributed by atoms with Gasteiger partial charge in [0.2, 0.25) is 0 Å². The second-order valence-electron chi connectivity index (χ2n) is 7.98. The highest BCUT2D eigenvalue weighted by Crippen LogP contribution is 2.64. The summed E-state index contributed by atoms with van der Waals surface area (Å²) in [5.74, 6) is -2.40. The molecule has 7 nitrogen and oxygen atoms in total. The first-order valence-electron chi connectivity index (χ1n) is 9.35. The Balaban J connectivity index is 2.08. The Bertz CT molecular complexity index is 1070. The molecular weight excluding hydrogens is 374 g/mol. The number of anilines is 1. The van der Waals surface area contributed by atoms with Crippen LogP contribution in [0.1, 0.15) is 59.7 Å². The quantitative estimate of drug-likeness (QED) is 0.664. The van der Waals surface area contributed by atoms with Crippen molar-refractivity contribution in [1.82, 2.24) is 0 Å². The average molecular weight is 395 g/mol. The van der Waals surface area contributed by atoms with Crippen LogP contribution in [0.3, 0.4) is 0 Å². The minimum atomic E-state index is -1.69. The number of carboxylic acids is 2. The van der Waals surface area contributed by atoms with E-state index in [0.29, 0.717) is 16.9 Å². The number of ketones is 1. The highest BCUT2D eigenvalue weighted by atomic mass is 16.5. The number of carbonyl (C=O) groups excluding carboxylic acids is 1. The molecule has 2 aromatic carbocycles. The zero-order valence-electron chi connectivity index (χ0n) is 16.1. The average Bonchev–Trinajstić information content (AvgIpc) is 2.99. The van der Waals surface area contributed by atoms with Crippen molar-refractivity contribution in [2.45, 2.75) is 43.6 Å². The van der Waals surface area contributed by atoms with Crippen LogP contribution in [0, 0.1) is 0 Å². The van der Waals surface area contributed by atoms with E-state index in [1.807, 2.05) is 19.9 Å². The number of carbonyl (C=O) groups is 3. The van der Waals surface area contributed by atoms with E-state index in [9.17, 15) is 24.6 Å². The molecule has 0 aromatic heterocycles. The maximum atomic E-state index is 13.7. The molecule has 0 saturated carbocycles.